The van der Waals surface area contributed by atoms with Gasteiger partial charge in [0.15, 0.2) is 5.76 Å². The second-order valence-corrected chi connectivity index (χ2v) is 8.10. The molecule has 0 fully saturated rings. The lowest BCUT2D eigenvalue weighted by atomic mass is 9.91. The van der Waals surface area contributed by atoms with Gasteiger partial charge in [0.1, 0.15) is 5.75 Å². The molecule has 4 rings (SSSR count). The van der Waals surface area contributed by atoms with Gasteiger partial charge in [0.05, 0.1) is 19.7 Å². The molecule has 1 N–H and O–H groups in total. The van der Waals surface area contributed by atoms with E-state index in [-0.39, 0.29) is 17.7 Å². The van der Waals surface area contributed by atoms with Gasteiger partial charge in [0.2, 0.25) is 0 Å². The van der Waals surface area contributed by atoms with Gasteiger partial charge in [0.25, 0.3) is 5.91 Å². The predicted octanol–water partition coefficient (Wildman–Crippen LogP) is 5.87. The van der Waals surface area contributed by atoms with Crippen molar-refractivity contribution in [2.45, 2.75) is 32.4 Å². The SMILES string of the molecule is COc1ccccc1CN1C(=O)C(O)=C(c2ccccc2)[C@@H]1c1ccc(C(C)C)cc1. The molecule has 0 saturated carbocycles. The molecule has 4 heteroatoms. The Bertz CT molecular complexity index is 1100. The third-order valence-corrected chi connectivity index (χ3v) is 5.84. The standard InChI is InChI=1S/C27H27NO3/c1-18(2)19-13-15-21(16-14-19)25-24(20-9-5-4-6-10-20)26(29)27(30)28(25)17-22-11-7-8-12-23(22)31-3/h4-16,18,25,29H,17H2,1-3H3/t25-/m0/s1. The monoisotopic (exact) mass is 413 g/mol. The lowest BCUT2D eigenvalue weighted by Crippen LogP contribution is -2.30. The first-order valence-electron chi connectivity index (χ1n) is 10.5. The summed E-state index contributed by atoms with van der Waals surface area (Å²) in [6, 6.07) is 25.2. The maximum absolute atomic E-state index is 13.2. The van der Waals surface area contributed by atoms with Crippen LogP contribution in [0.1, 0.15) is 48.1 Å². The number of carbonyl (C=O) groups excluding carboxylic acids is 1. The van der Waals surface area contributed by atoms with Crippen LogP contribution in [0, 0.1) is 0 Å². The van der Waals surface area contributed by atoms with Crippen molar-refractivity contribution in [1.29, 1.82) is 0 Å². The first kappa shape index (κ1) is 20.7. The summed E-state index contributed by atoms with van der Waals surface area (Å²) >= 11 is 0. The Kier molecular flexibility index (Phi) is 5.81. The number of rotatable bonds is 6. The van der Waals surface area contributed by atoms with Gasteiger partial charge in [0, 0.05) is 11.1 Å². The number of aliphatic hydroxyl groups excluding tert-OH is 1. The molecule has 0 unspecified atom stereocenters. The molecule has 1 heterocycles. The fourth-order valence-corrected chi connectivity index (χ4v) is 4.16. The molecule has 3 aromatic rings. The number of nitrogens with zero attached hydrogens (tertiary/aromatic N) is 1. The highest BCUT2D eigenvalue weighted by Crippen LogP contribution is 2.44. The molecule has 0 aliphatic carbocycles. The summed E-state index contributed by atoms with van der Waals surface area (Å²) in [5, 5.41) is 10.9. The first-order chi connectivity index (χ1) is 15.0. The Balaban J connectivity index is 1.81. The lowest BCUT2D eigenvalue weighted by molar-refractivity contribution is -0.130. The maximum atomic E-state index is 13.2. The number of aliphatic hydroxyl groups is 1. The molecular weight excluding hydrogens is 386 g/mol. The maximum Gasteiger partial charge on any atom is 0.290 e. The summed E-state index contributed by atoms with van der Waals surface area (Å²) in [6.07, 6.45) is 0. The number of amides is 1. The van der Waals surface area contributed by atoms with E-state index >= 15 is 0 Å². The molecule has 0 spiro atoms. The predicted molar refractivity (Wildman–Crippen MR) is 123 cm³/mol. The molecule has 1 aliphatic heterocycles. The number of ether oxygens (including phenoxy) is 1. The summed E-state index contributed by atoms with van der Waals surface area (Å²) in [4.78, 5) is 15.0. The van der Waals surface area contributed by atoms with Gasteiger partial charge in [-0.05, 0) is 28.7 Å². The van der Waals surface area contributed by atoms with Crippen molar-refractivity contribution in [2.75, 3.05) is 7.11 Å². The largest absolute Gasteiger partial charge is 0.503 e. The van der Waals surface area contributed by atoms with Crippen LogP contribution in [-0.4, -0.2) is 23.0 Å². The van der Waals surface area contributed by atoms with E-state index in [0.717, 1.165) is 22.4 Å². The number of methoxy groups -OCH3 is 1. The number of hydrogen-bond acceptors (Lipinski definition) is 3. The molecule has 0 saturated heterocycles. The summed E-state index contributed by atoms with van der Waals surface area (Å²) in [7, 11) is 1.62. The highest BCUT2D eigenvalue weighted by molar-refractivity contribution is 6.05. The summed E-state index contributed by atoms with van der Waals surface area (Å²) in [5.74, 6) is 0.570. The summed E-state index contributed by atoms with van der Waals surface area (Å²) in [6.45, 7) is 4.65. The van der Waals surface area contributed by atoms with Crippen molar-refractivity contribution < 1.29 is 14.6 Å². The van der Waals surface area contributed by atoms with Crippen LogP contribution in [0.15, 0.2) is 84.6 Å². The average Bonchev–Trinajstić information content (AvgIpc) is 3.05. The van der Waals surface area contributed by atoms with Crippen molar-refractivity contribution in [3.63, 3.8) is 0 Å². The van der Waals surface area contributed by atoms with Crippen molar-refractivity contribution >= 4 is 11.5 Å². The van der Waals surface area contributed by atoms with Gasteiger partial charge in [-0.25, -0.2) is 0 Å². The molecule has 158 valence electrons. The highest BCUT2D eigenvalue weighted by atomic mass is 16.5. The fourth-order valence-electron chi connectivity index (χ4n) is 4.16. The molecule has 31 heavy (non-hydrogen) atoms. The zero-order chi connectivity index (χ0) is 22.0. The van der Waals surface area contributed by atoms with E-state index < -0.39 is 0 Å². The smallest absolute Gasteiger partial charge is 0.290 e. The van der Waals surface area contributed by atoms with E-state index in [4.69, 9.17) is 4.74 Å². The quantitative estimate of drug-likeness (QED) is 0.550. The Morgan fingerprint density at radius 1 is 0.935 bits per heavy atom. The first-order valence-corrected chi connectivity index (χ1v) is 10.5. The number of benzene rings is 3. The van der Waals surface area contributed by atoms with Crippen LogP contribution in [0.5, 0.6) is 5.75 Å². The molecular formula is C27H27NO3. The van der Waals surface area contributed by atoms with Gasteiger partial charge in [-0.2, -0.15) is 0 Å². The van der Waals surface area contributed by atoms with Crippen LogP contribution < -0.4 is 4.74 Å². The third-order valence-electron chi connectivity index (χ3n) is 5.84. The molecule has 1 atom stereocenters. The lowest BCUT2D eigenvalue weighted by Gasteiger charge is -2.28. The number of carbonyl (C=O) groups is 1. The van der Waals surface area contributed by atoms with Crippen LogP contribution in [0.25, 0.3) is 5.57 Å². The van der Waals surface area contributed by atoms with Crippen LogP contribution in [0.2, 0.25) is 0 Å². The van der Waals surface area contributed by atoms with Crippen LogP contribution in [-0.2, 0) is 11.3 Å². The minimum Gasteiger partial charge on any atom is -0.503 e. The normalized spacial score (nSPS) is 16.3. The van der Waals surface area contributed by atoms with Gasteiger partial charge in [-0.1, -0.05) is 86.6 Å². The highest BCUT2D eigenvalue weighted by Gasteiger charge is 2.41. The van der Waals surface area contributed by atoms with Gasteiger partial charge >= 0.3 is 0 Å². The van der Waals surface area contributed by atoms with E-state index in [1.807, 2.05) is 54.6 Å². The molecule has 1 amide bonds. The summed E-state index contributed by atoms with van der Waals surface area (Å²) in [5.41, 5.74) is 4.57. The molecule has 0 aromatic heterocycles. The van der Waals surface area contributed by atoms with Crippen LogP contribution in [0.4, 0.5) is 0 Å². The Morgan fingerprint density at radius 3 is 2.23 bits per heavy atom. The molecule has 0 radical (unpaired) electrons. The second kappa shape index (κ2) is 8.68. The zero-order valence-electron chi connectivity index (χ0n) is 18.1. The van der Waals surface area contributed by atoms with Gasteiger partial charge < -0.3 is 14.7 Å². The van der Waals surface area contributed by atoms with Gasteiger partial charge in [-0.3, -0.25) is 4.79 Å². The molecule has 1 aliphatic rings. The second-order valence-electron chi connectivity index (χ2n) is 8.10. The Morgan fingerprint density at radius 2 is 1.58 bits per heavy atom. The molecule has 0 bridgehead atoms. The zero-order valence-corrected chi connectivity index (χ0v) is 18.1. The van der Waals surface area contributed by atoms with E-state index in [9.17, 15) is 9.90 Å². The van der Waals surface area contributed by atoms with E-state index in [2.05, 4.69) is 38.1 Å². The fraction of sp³-hybridized carbons (Fsp3) is 0.222. The average molecular weight is 414 g/mol. The van der Waals surface area contributed by atoms with Crippen LogP contribution in [0.3, 0.4) is 0 Å². The van der Waals surface area contributed by atoms with Crippen molar-refractivity contribution in [1.82, 2.24) is 4.90 Å². The van der Waals surface area contributed by atoms with Crippen molar-refractivity contribution in [3.8, 4) is 5.75 Å². The molecule has 4 nitrogen and oxygen atoms in total. The minimum absolute atomic E-state index is 0.195. The van der Waals surface area contributed by atoms with E-state index in [0.29, 0.717) is 18.0 Å². The molecule has 3 aromatic carbocycles. The number of hydrogen-bond donors (Lipinski definition) is 1. The number of para-hydroxylation sites is 1. The Labute approximate surface area is 183 Å². The van der Waals surface area contributed by atoms with Crippen molar-refractivity contribution in [2.24, 2.45) is 0 Å². The van der Waals surface area contributed by atoms with Gasteiger partial charge in [-0.15, -0.1) is 0 Å². The third kappa shape index (κ3) is 3.93. The Hall–Kier alpha value is -3.53. The van der Waals surface area contributed by atoms with Crippen LogP contribution >= 0.6 is 0 Å². The van der Waals surface area contributed by atoms with E-state index in [1.54, 1.807) is 12.0 Å². The topological polar surface area (TPSA) is 49.8 Å². The van der Waals surface area contributed by atoms with E-state index in [1.165, 1.54) is 5.56 Å². The summed E-state index contributed by atoms with van der Waals surface area (Å²) < 4.78 is 5.50. The van der Waals surface area contributed by atoms with Crippen molar-refractivity contribution in [3.05, 3.63) is 107 Å². The minimum atomic E-state index is -0.388.